The third kappa shape index (κ3) is 3.16. The van der Waals surface area contributed by atoms with E-state index in [1.807, 2.05) is 0 Å². The molecule has 0 radical (unpaired) electrons. The van der Waals surface area contributed by atoms with E-state index in [0.717, 1.165) is 36.4 Å². The third-order valence-electron chi connectivity index (χ3n) is 6.25. The second-order valence-corrected chi connectivity index (χ2v) is 7.43. The Hall–Kier alpha value is -0.0800. The van der Waals surface area contributed by atoms with E-state index < -0.39 is 0 Å². The van der Waals surface area contributed by atoms with Crippen molar-refractivity contribution in [1.82, 2.24) is 4.90 Å². The van der Waals surface area contributed by atoms with Crippen molar-refractivity contribution in [3.05, 3.63) is 0 Å². The summed E-state index contributed by atoms with van der Waals surface area (Å²) in [5, 5.41) is 0. The molecule has 2 N–H and O–H groups in total. The summed E-state index contributed by atoms with van der Waals surface area (Å²) < 4.78 is 0. The zero-order valence-electron chi connectivity index (χ0n) is 12.7. The Bertz CT molecular complexity index is 287. The highest BCUT2D eigenvalue weighted by atomic mass is 15.2. The number of rotatable bonds is 4. The van der Waals surface area contributed by atoms with Crippen LogP contribution >= 0.6 is 0 Å². The average molecular weight is 264 g/mol. The van der Waals surface area contributed by atoms with E-state index in [-0.39, 0.29) is 0 Å². The van der Waals surface area contributed by atoms with E-state index in [2.05, 4.69) is 11.9 Å². The second kappa shape index (κ2) is 6.13. The molecule has 4 unspecified atom stereocenters. The van der Waals surface area contributed by atoms with Crippen LogP contribution < -0.4 is 5.73 Å². The lowest BCUT2D eigenvalue weighted by molar-refractivity contribution is 0.0580. The molecular formula is C17H32N2. The van der Waals surface area contributed by atoms with Gasteiger partial charge in [-0.2, -0.15) is 0 Å². The predicted molar refractivity (Wildman–Crippen MR) is 81.0 cm³/mol. The third-order valence-corrected chi connectivity index (χ3v) is 6.25. The highest BCUT2D eigenvalue weighted by Gasteiger charge is 2.38. The van der Waals surface area contributed by atoms with Crippen LogP contribution in [-0.4, -0.2) is 30.6 Å². The van der Waals surface area contributed by atoms with Gasteiger partial charge >= 0.3 is 0 Å². The lowest BCUT2D eigenvalue weighted by Crippen LogP contribution is -2.49. The van der Waals surface area contributed by atoms with Crippen molar-refractivity contribution < 1.29 is 0 Å². The number of hydrogen-bond acceptors (Lipinski definition) is 2. The Morgan fingerprint density at radius 1 is 0.895 bits per heavy atom. The monoisotopic (exact) mass is 264 g/mol. The largest absolute Gasteiger partial charge is 0.330 e. The Morgan fingerprint density at radius 3 is 2.42 bits per heavy atom. The standard InChI is InChI=1S/C17H32N2/c1-19(17-8-3-2-5-15(17)12-18)16-7-4-6-14(11-16)13-9-10-13/h13-17H,2-12,18H2,1H3. The smallest absolute Gasteiger partial charge is 0.0135 e. The molecule has 0 spiro atoms. The summed E-state index contributed by atoms with van der Waals surface area (Å²) >= 11 is 0. The molecule has 0 aliphatic heterocycles. The SMILES string of the molecule is CN(C1CCCC(C2CC2)C1)C1CCCCC1CN. The van der Waals surface area contributed by atoms with Crippen molar-refractivity contribution in [2.45, 2.75) is 76.3 Å². The van der Waals surface area contributed by atoms with Crippen molar-refractivity contribution in [1.29, 1.82) is 0 Å². The molecule has 19 heavy (non-hydrogen) atoms. The van der Waals surface area contributed by atoms with Crippen molar-refractivity contribution in [3.63, 3.8) is 0 Å². The Kier molecular flexibility index (Phi) is 4.48. The first-order valence-electron chi connectivity index (χ1n) is 8.71. The summed E-state index contributed by atoms with van der Waals surface area (Å²) in [4.78, 5) is 2.76. The van der Waals surface area contributed by atoms with E-state index in [1.54, 1.807) is 0 Å². The fourth-order valence-corrected chi connectivity index (χ4v) is 4.84. The van der Waals surface area contributed by atoms with Gasteiger partial charge in [0.15, 0.2) is 0 Å². The minimum Gasteiger partial charge on any atom is -0.330 e. The van der Waals surface area contributed by atoms with Gasteiger partial charge in [0.05, 0.1) is 0 Å². The van der Waals surface area contributed by atoms with Gasteiger partial charge in [-0.3, -0.25) is 0 Å². The maximum absolute atomic E-state index is 6.02. The molecule has 0 saturated heterocycles. The van der Waals surface area contributed by atoms with Crippen molar-refractivity contribution >= 4 is 0 Å². The van der Waals surface area contributed by atoms with Gasteiger partial charge in [-0.05, 0) is 69.9 Å². The van der Waals surface area contributed by atoms with Gasteiger partial charge in [0.1, 0.15) is 0 Å². The zero-order chi connectivity index (χ0) is 13.2. The minimum atomic E-state index is 0.764. The van der Waals surface area contributed by atoms with Gasteiger partial charge in [0.2, 0.25) is 0 Å². The highest BCUT2D eigenvalue weighted by Crippen LogP contribution is 2.45. The maximum Gasteiger partial charge on any atom is 0.0135 e. The van der Waals surface area contributed by atoms with Gasteiger partial charge in [0, 0.05) is 12.1 Å². The molecule has 110 valence electrons. The number of hydrogen-bond donors (Lipinski definition) is 1. The molecule has 0 aromatic rings. The molecule has 0 bridgehead atoms. The van der Waals surface area contributed by atoms with E-state index >= 15 is 0 Å². The van der Waals surface area contributed by atoms with Gasteiger partial charge in [0.25, 0.3) is 0 Å². The van der Waals surface area contributed by atoms with Crippen LogP contribution in [0.2, 0.25) is 0 Å². The predicted octanol–water partition coefficient (Wildman–Crippen LogP) is 3.40. The molecule has 0 amide bonds. The summed E-state index contributed by atoms with van der Waals surface area (Å²) in [5.41, 5.74) is 6.02. The van der Waals surface area contributed by atoms with E-state index in [0.29, 0.717) is 0 Å². The summed E-state index contributed by atoms with van der Waals surface area (Å²) in [7, 11) is 2.40. The van der Waals surface area contributed by atoms with Gasteiger partial charge in [-0.1, -0.05) is 25.7 Å². The number of nitrogens with two attached hydrogens (primary N) is 1. The molecule has 3 aliphatic rings. The molecule has 3 saturated carbocycles. The van der Waals surface area contributed by atoms with Crippen LogP contribution in [0.5, 0.6) is 0 Å². The van der Waals surface area contributed by atoms with Crippen LogP contribution in [0.4, 0.5) is 0 Å². The topological polar surface area (TPSA) is 29.3 Å². The number of nitrogens with zero attached hydrogens (tertiary/aromatic N) is 1. The molecule has 3 aliphatic carbocycles. The molecule has 3 fully saturated rings. The Balaban J connectivity index is 1.59. The van der Waals surface area contributed by atoms with Crippen molar-refractivity contribution in [2.75, 3.05) is 13.6 Å². The van der Waals surface area contributed by atoms with Crippen LogP contribution in [0.3, 0.4) is 0 Å². The molecule has 0 aromatic carbocycles. The quantitative estimate of drug-likeness (QED) is 0.843. The van der Waals surface area contributed by atoms with Crippen molar-refractivity contribution in [3.8, 4) is 0 Å². The summed E-state index contributed by atoms with van der Waals surface area (Å²) in [5.74, 6) is 2.93. The van der Waals surface area contributed by atoms with Crippen LogP contribution in [0.1, 0.15) is 64.2 Å². The first-order valence-corrected chi connectivity index (χ1v) is 8.71. The Labute approximate surface area is 119 Å². The zero-order valence-corrected chi connectivity index (χ0v) is 12.7. The van der Waals surface area contributed by atoms with Gasteiger partial charge in [-0.25, -0.2) is 0 Å². The fourth-order valence-electron chi connectivity index (χ4n) is 4.84. The molecular weight excluding hydrogens is 232 g/mol. The van der Waals surface area contributed by atoms with Crippen LogP contribution in [0.25, 0.3) is 0 Å². The van der Waals surface area contributed by atoms with Crippen LogP contribution in [-0.2, 0) is 0 Å². The van der Waals surface area contributed by atoms with Crippen LogP contribution in [0, 0.1) is 17.8 Å². The average Bonchev–Trinajstić information content (AvgIpc) is 3.31. The second-order valence-electron chi connectivity index (χ2n) is 7.43. The fraction of sp³-hybridized carbons (Fsp3) is 1.00. The molecule has 0 heterocycles. The van der Waals surface area contributed by atoms with Crippen LogP contribution in [0.15, 0.2) is 0 Å². The maximum atomic E-state index is 6.02. The summed E-state index contributed by atoms with van der Waals surface area (Å²) in [6, 6.07) is 1.64. The summed E-state index contributed by atoms with van der Waals surface area (Å²) in [6.45, 7) is 0.897. The molecule has 2 nitrogen and oxygen atoms in total. The van der Waals surface area contributed by atoms with E-state index in [4.69, 9.17) is 5.73 Å². The van der Waals surface area contributed by atoms with E-state index in [9.17, 15) is 0 Å². The molecule has 0 aromatic heterocycles. The summed E-state index contributed by atoms with van der Waals surface area (Å²) in [6.07, 6.45) is 14.5. The first-order chi connectivity index (χ1) is 9.29. The molecule has 3 rings (SSSR count). The lowest BCUT2D eigenvalue weighted by atomic mass is 9.79. The normalized spacial score (nSPS) is 40.6. The highest BCUT2D eigenvalue weighted by molar-refractivity contribution is 4.91. The minimum absolute atomic E-state index is 0.764. The van der Waals surface area contributed by atoms with Gasteiger partial charge < -0.3 is 10.6 Å². The van der Waals surface area contributed by atoms with Crippen molar-refractivity contribution in [2.24, 2.45) is 23.5 Å². The first kappa shape index (κ1) is 13.9. The van der Waals surface area contributed by atoms with Gasteiger partial charge in [-0.15, -0.1) is 0 Å². The molecule has 4 atom stereocenters. The molecule has 2 heteroatoms. The Morgan fingerprint density at radius 2 is 1.68 bits per heavy atom. The lowest BCUT2D eigenvalue weighted by Gasteiger charge is -2.44. The van der Waals surface area contributed by atoms with E-state index in [1.165, 1.54) is 64.2 Å².